The summed E-state index contributed by atoms with van der Waals surface area (Å²) in [5.74, 6) is 0.561. The molecule has 0 saturated heterocycles. The SMILES string of the molecule is O=P1(N(CCO)CCO)Oc2ccccc2-c2ccccc21. The molecule has 0 bridgehead atoms. The van der Waals surface area contributed by atoms with Crippen molar-refractivity contribution in [1.82, 2.24) is 4.67 Å². The van der Waals surface area contributed by atoms with Crippen molar-refractivity contribution >= 4 is 12.8 Å². The fourth-order valence-electron chi connectivity index (χ4n) is 2.72. The Morgan fingerprint density at radius 2 is 1.50 bits per heavy atom. The van der Waals surface area contributed by atoms with E-state index in [0.29, 0.717) is 11.1 Å². The Morgan fingerprint density at radius 3 is 2.18 bits per heavy atom. The number of hydrogen-bond acceptors (Lipinski definition) is 4. The molecule has 22 heavy (non-hydrogen) atoms. The van der Waals surface area contributed by atoms with Gasteiger partial charge in [0.2, 0.25) is 0 Å². The number of aliphatic hydroxyl groups is 2. The molecule has 6 heteroatoms. The predicted octanol–water partition coefficient (Wildman–Crippen LogP) is 1.85. The molecule has 1 aliphatic heterocycles. The maximum absolute atomic E-state index is 13.6. The molecule has 0 aliphatic carbocycles. The van der Waals surface area contributed by atoms with E-state index in [1.807, 2.05) is 36.4 Å². The summed E-state index contributed by atoms with van der Waals surface area (Å²) in [4.78, 5) is 0. The molecular weight excluding hydrogens is 301 g/mol. The first-order chi connectivity index (χ1) is 10.7. The third-order valence-corrected chi connectivity index (χ3v) is 6.28. The number of benzene rings is 2. The first-order valence-corrected chi connectivity index (χ1v) is 8.74. The molecule has 1 heterocycles. The number of para-hydroxylation sites is 1. The Morgan fingerprint density at radius 1 is 0.909 bits per heavy atom. The fourth-order valence-corrected chi connectivity index (χ4v) is 5.14. The maximum Gasteiger partial charge on any atom is 0.350 e. The highest BCUT2D eigenvalue weighted by atomic mass is 31.2. The molecule has 0 fully saturated rings. The van der Waals surface area contributed by atoms with Crippen molar-refractivity contribution in [2.24, 2.45) is 0 Å². The van der Waals surface area contributed by atoms with Crippen LogP contribution in [0, 0.1) is 0 Å². The van der Waals surface area contributed by atoms with Gasteiger partial charge in [0.25, 0.3) is 0 Å². The van der Waals surface area contributed by atoms with Crippen LogP contribution in [0.5, 0.6) is 5.75 Å². The lowest BCUT2D eigenvalue weighted by molar-refractivity contribution is 0.209. The Labute approximate surface area is 129 Å². The van der Waals surface area contributed by atoms with E-state index in [1.165, 1.54) is 4.67 Å². The summed E-state index contributed by atoms with van der Waals surface area (Å²) in [6, 6.07) is 14.9. The largest absolute Gasteiger partial charge is 0.429 e. The zero-order valence-corrected chi connectivity index (χ0v) is 12.9. The van der Waals surface area contributed by atoms with Crippen LogP contribution in [0.2, 0.25) is 0 Å². The molecule has 0 saturated carbocycles. The minimum absolute atomic E-state index is 0.156. The summed E-state index contributed by atoms with van der Waals surface area (Å²) in [5, 5.41) is 19.1. The molecule has 1 atom stereocenters. The van der Waals surface area contributed by atoms with Crippen LogP contribution in [0.3, 0.4) is 0 Å². The standard InChI is InChI=1S/C16H18NO4P/c18-11-9-17(10-12-19)22(20)16-8-4-2-6-14(16)13-5-1-3-7-15(13)21-22/h1-8,18-19H,9-12H2. The van der Waals surface area contributed by atoms with Crippen molar-refractivity contribution in [2.45, 2.75) is 0 Å². The van der Waals surface area contributed by atoms with E-state index in [-0.39, 0.29) is 26.3 Å². The van der Waals surface area contributed by atoms with E-state index < -0.39 is 7.52 Å². The second-order valence-corrected chi connectivity index (χ2v) is 7.30. The fraction of sp³-hybridized carbons (Fsp3) is 0.250. The van der Waals surface area contributed by atoms with Gasteiger partial charge in [-0.1, -0.05) is 36.4 Å². The summed E-state index contributed by atoms with van der Waals surface area (Å²) in [6.07, 6.45) is 0. The van der Waals surface area contributed by atoms with Gasteiger partial charge >= 0.3 is 7.52 Å². The zero-order chi connectivity index (χ0) is 15.6. The molecule has 2 aromatic rings. The molecule has 116 valence electrons. The van der Waals surface area contributed by atoms with Crippen molar-refractivity contribution in [3.8, 4) is 16.9 Å². The number of rotatable bonds is 5. The van der Waals surface area contributed by atoms with Gasteiger partial charge < -0.3 is 14.7 Å². The molecule has 2 aromatic carbocycles. The molecule has 5 nitrogen and oxygen atoms in total. The van der Waals surface area contributed by atoms with Gasteiger partial charge in [-0.2, -0.15) is 0 Å². The quantitative estimate of drug-likeness (QED) is 0.823. The van der Waals surface area contributed by atoms with Crippen LogP contribution in [0.25, 0.3) is 11.1 Å². The van der Waals surface area contributed by atoms with Gasteiger partial charge in [-0.3, -0.25) is 4.57 Å². The Hall–Kier alpha value is -1.65. The second-order valence-electron chi connectivity index (χ2n) is 5.03. The molecule has 3 rings (SSSR count). The second kappa shape index (κ2) is 6.23. The molecule has 1 aliphatic rings. The Balaban J connectivity index is 2.16. The third kappa shape index (κ3) is 2.46. The van der Waals surface area contributed by atoms with Crippen LogP contribution in [0.4, 0.5) is 0 Å². The first-order valence-electron chi connectivity index (χ1n) is 7.16. The minimum atomic E-state index is -3.37. The highest BCUT2D eigenvalue weighted by Crippen LogP contribution is 2.56. The third-order valence-electron chi connectivity index (χ3n) is 3.70. The molecule has 0 amide bonds. The average Bonchev–Trinajstić information content (AvgIpc) is 2.55. The van der Waals surface area contributed by atoms with Gasteiger partial charge in [0.05, 0.1) is 18.5 Å². The van der Waals surface area contributed by atoms with E-state index in [2.05, 4.69) is 0 Å². The van der Waals surface area contributed by atoms with Crippen LogP contribution in [0.15, 0.2) is 48.5 Å². The number of nitrogens with zero attached hydrogens (tertiary/aromatic N) is 1. The molecule has 1 unspecified atom stereocenters. The monoisotopic (exact) mass is 319 g/mol. The topological polar surface area (TPSA) is 70.0 Å². The lowest BCUT2D eigenvalue weighted by atomic mass is 10.0. The summed E-state index contributed by atoms with van der Waals surface area (Å²) in [6.45, 7) is 0.0387. The molecule has 0 radical (unpaired) electrons. The van der Waals surface area contributed by atoms with Gasteiger partial charge in [0.1, 0.15) is 5.75 Å². The van der Waals surface area contributed by atoms with E-state index in [9.17, 15) is 14.8 Å². The predicted molar refractivity (Wildman–Crippen MR) is 85.5 cm³/mol. The maximum atomic E-state index is 13.6. The van der Waals surface area contributed by atoms with Crippen molar-refractivity contribution < 1.29 is 19.3 Å². The van der Waals surface area contributed by atoms with Crippen LogP contribution < -0.4 is 9.83 Å². The van der Waals surface area contributed by atoms with Crippen molar-refractivity contribution in [2.75, 3.05) is 26.3 Å². The zero-order valence-electron chi connectivity index (χ0n) is 12.1. The highest BCUT2D eigenvalue weighted by Gasteiger charge is 2.40. The first kappa shape index (κ1) is 15.3. The molecule has 2 N–H and O–H groups in total. The van der Waals surface area contributed by atoms with Gasteiger partial charge in [0, 0.05) is 24.2 Å². The summed E-state index contributed by atoms with van der Waals surface area (Å²) in [5.41, 5.74) is 1.77. The lowest BCUT2D eigenvalue weighted by Gasteiger charge is -2.35. The molecule has 0 aromatic heterocycles. The van der Waals surface area contributed by atoms with Crippen LogP contribution in [-0.4, -0.2) is 41.2 Å². The summed E-state index contributed by atoms with van der Waals surface area (Å²) < 4.78 is 21.0. The molecular formula is C16H18NO4P. The van der Waals surface area contributed by atoms with E-state index in [0.717, 1.165) is 11.1 Å². The van der Waals surface area contributed by atoms with Gasteiger partial charge in [-0.15, -0.1) is 0 Å². The van der Waals surface area contributed by atoms with Crippen molar-refractivity contribution in [1.29, 1.82) is 0 Å². The minimum Gasteiger partial charge on any atom is -0.429 e. The highest BCUT2D eigenvalue weighted by molar-refractivity contribution is 7.65. The molecule has 0 spiro atoms. The van der Waals surface area contributed by atoms with Gasteiger partial charge in [-0.05, 0) is 12.1 Å². The number of hydrogen-bond donors (Lipinski definition) is 2. The normalized spacial score (nSPS) is 19.4. The smallest absolute Gasteiger partial charge is 0.350 e. The Bertz CT molecular complexity index is 713. The average molecular weight is 319 g/mol. The summed E-state index contributed by atoms with van der Waals surface area (Å²) >= 11 is 0. The van der Waals surface area contributed by atoms with Gasteiger partial charge in [0.15, 0.2) is 0 Å². The Kier molecular flexibility index (Phi) is 4.32. The lowest BCUT2D eigenvalue weighted by Crippen LogP contribution is -2.35. The van der Waals surface area contributed by atoms with Crippen molar-refractivity contribution in [3.63, 3.8) is 0 Å². The van der Waals surface area contributed by atoms with E-state index in [1.54, 1.807) is 12.1 Å². The van der Waals surface area contributed by atoms with Crippen LogP contribution >= 0.6 is 7.52 Å². The summed E-state index contributed by atoms with van der Waals surface area (Å²) in [7, 11) is -3.37. The van der Waals surface area contributed by atoms with E-state index in [4.69, 9.17) is 4.52 Å². The van der Waals surface area contributed by atoms with E-state index >= 15 is 0 Å². The van der Waals surface area contributed by atoms with Gasteiger partial charge in [-0.25, -0.2) is 4.67 Å². The van der Waals surface area contributed by atoms with Crippen LogP contribution in [0.1, 0.15) is 0 Å². The van der Waals surface area contributed by atoms with Crippen molar-refractivity contribution in [3.05, 3.63) is 48.5 Å². The van der Waals surface area contributed by atoms with Crippen LogP contribution in [-0.2, 0) is 4.57 Å². The number of fused-ring (bicyclic) bond motifs is 3. The number of aliphatic hydroxyl groups excluding tert-OH is 2.